The summed E-state index contributed by atoms with van der Waals surface area (Å²) < 4.78 is 22.7. The largest absolute Gasteiger partial charge is 0.378 e. The van der Waals surface area contributed by atoms with Crippen LogP contribution in [0.15, 0.2) is 24.3 Å². The number of nitrogens with zero attached hydrogens (tertiary/aromatic N) is 2. The van der Waals surface area contributed by atoms with Gasteiger partial charge in [0.1, 0.15) is 9.84 Å². The average Bonchev–Trinajstić information content (AvgIpc) is 2.46. The molecule has 1 aromatic rings. The van der Waals surface area contributed by atoms with E-state index < -0.39 is 9.84 Å². The first-order valence-electron chi connectivity index (χ1n) is 7.50. The van der Waals surface area contributed by atoms with Gasteiger partial charge in [0, 0.05) is 44.7 Å². The Bertz CT molecular complexity index is 633. The molecule has 6 heteroatoms. The molecular weight excluding hydrogens is 300 g/mol. The van der Waals surface area contributed by atoms with Gasteiger partial charge >= 0.3 is 0 Å². The maximum atomic E-state index is 12.6. The van der Waals surface area contributed by atoms with Crippen LogP contribution < -0.4 is 4.90 Å². The predicted molar refractivity (Wildman–Crippen MR) is 89.1 cm³/mol. The fourth-order valence-electron chi connectivity index (χ4n) is 2.83. The number of piperidine rings is 1. The first-order chi connectivity index (χ1) is 10.3. The fourth-order valence-corrected chi connectivity index (χ4v) is 4.02. The molecule has 1 saturated heterocycles. The number of rotatable bonds is 4. The minimum atomic E-state index is -2.94. The lowest BCUT2D eigenvalue weighted by Gasteiger charge is -2.32. The monoisotopic (exact) mass is 324 g/mol. The van der Waals surface area contributed by atoms with Crippen molar-refractivity contribution in [1.29, 1.82) is 0 Å². The second-order valence-electron chi connectivity index (χ2n) is 6.27. The minimum absolute atomic E-state index is 0.0292. The van der Waals surface area contributed by atoms with Crippen LogP contribution in [0.25, 0.3) is 0 Å². The zero-order chi connectivity index (χ0) is 16.3. The summed E-state index contributed by atoms with van der Waals surface area (Å²) in [5.41, 5.74) is 1.69. The Morgan fingerprint density at radius 1 is 1.27 bits per heavy atom. The number of anilines is 1. The maximum absolute atomic E-state index is 12.6. The van der Waals surface area contributed by atoms with Gasteiger partial charge in [-0.3, -0.25) is 4.79 Å². The highest BCUT2D eigenvalue weighted by molar-refractivity contribution is 7.90. The van der Waals surface area contributed by atoms with Gasteiger partial charge in [0.15, 0.2) is 0 Å². The quantitative estimate of drug-likeness (QED) is 0.845. The summed E-state index contributed by atoms with van der Waals surface area (Å²) in [5, 5.41) is 0. The molecule has 1 aromatic carbocycles. The summed E-state index contributed by atoms with van der Waals surface area (Å²) in [7, 11) is 0.952. The molecule has 0 aromatic heterocycles. The van der Waals surface area contributed by atoms with Crippen molar-refractivity contribution < 1.29 is 13.2 Å². The first kappa shape index (κ1) is 16.8. The van der Waals surface area contributed by atoms with Crippen LogP contribution in [0.1, 0.15) is 23.2 Å². The van der Waals surface area contributed by atoms with E-state index in [9.17, 15) is 13.2 Å². The van der Waals surface area contributed by atoms with Gasteiger partial charge < -0.3 is 9.80 Å². The van der Waals surface area contributed by atoms with E-state index in [1.165, 1.54) is 6.26 Å². The molecule has 5 nitrogen and oxygen atoms in total. The Morgan fingerprint density at radius 3 is 2.45 bits per heavy atom. The van der Waals surface area contributed by atoms with Crippen LogP contribution in [0.5, 0.6) is 0 Å². The lowest BCUT2D eigenvalue weighted by atomic mass is 9.98. The number of amides is 1. The summed E-state index contributed by atoms with van der Waals surface area (Å²) >= 11 is 0. The molecule has 1 fully saturated rings. The van der Waals surface area contributed by atoms with Crippen LogP contribution in [-0.2, 0) is 9.84 Å². The molecule has 122 valence electrons. The van der Waals surface area contributed by atoms with Crippen molar-refractivity contribution in [2.24, 2.45) is 5.92 Å². The third-order valence-electron chi connectivity index (χ3n) is 4.05. The summed E-state index contributed by atoms with van der Waals surface area (Å²) in [6.07, 6.45) is 2.79. The molecule has 0 radical (unpaired) electrons. The van der Waals surface area contributed by atoms with Crippen molar-refractivity contribution in [3.63, 3.8) is 0 Å². The SMILES string of the molecule is CN(C)c1cccc(C(=O)N2CCC(CS(C)(=O)=O)CC2)c1. The Kier molecular flexibility index (Phi) is 5.11. The second kappa shape index (κ2) is 6.69. The molecular formula is C16H24N2O3S. The molecule has 22 heavy (non-hydrogen) atoms. The van der Waals surface area contributed by atoms with Crippen LogP contribution in [0.3, 0.4) is 0 Å². The van der Waals surface area contributed by atoms with Crippen molar-refractivity contribution in [3.8, 4) is 0 Å². The lowest BCUT2D eigenvalue weighted by Crippen LogP contribution is -2.39. The van der Waals surface area contributed by atoms with Crippen molar-refractivity contribution in [3.05, 3.63) is 29.8 Å². The number of likely N-dealkylation sites (tertiary alicyclic amines) is 1. The second-order valence-corrected chi connectivity index (χ2v) is 8.46. The molecule has 1 amide bonds. The van der Waals surface area contributed by atoms with Gasteiger partial charge in [0.05, 0.1) is 5.75 Å². The van der Waals surface area contributed by atoms with E-state index in [0.717, 1.165) is 18.5 Å². The lowest BCUT2D eigenvalue weighted by molar-refractivity contribution is 0.0698. The number of carbonyl (C=O) groups is 1. The summed E-state index contributed by atoms with van der Waals surface area (Å²) in [6.45, 7) is 1.26. The van der Waals surface area contributed by atoms with Gasteiger partial charge in [-0.05, 0) is 37.0 Å². The van der Waals surface area contributed by atoms with Crippen LogP contribution in [0.2, 0.25) is 0 Å². The number of carbonyl (C=O) groups excluding carboxylic acids is 1. The molecule has 0 bridgehead atoms. The molecule has 1 aliphatic heterocycles. The van der Waals surface area contributed by atoms with Crippen LogP contribution in [-0.4, -0.2) is 58.4 Å². The molecule has 1 heterocycles. The Hall–Kier alpha value is -1.56. The van der Waals surface area contributed by atoms with E-state index in [1.807, 2.05) is 48.2 Å². The molecule has 0 unspecified atom stereocenters. The molecule has 0 spiro atoms. The number of hydrogen-bond acceptors (Lipinski definition) is 4. The van der Waals surface area contributed by atoms with Gasteiger partial charge in [-0.2, -0.15) is 0 Å². The summed E-state index contributed by atoms with van der Waals surface area (Å²) in [5.74, 6) is 0.430. The van der Waals surface area contributed by atoms with Gasteiger partial charge in [-0.25, -0.2) is 8.42 Å². The smallest absolute Gasteiger partial charge is 0.253 e. The normalized spacial score (nSPS) is 16.6. The van der Waals surface area contributed by atoms with E-state index in [-0.39, 0.29) is 17.6 Å². The number of hydrogen-bond donors (Lipinski definition) is 0. The van der Waals surface area contributed by atoms with Crippen LogP contribution in [0.4, 0.5) is 5.69 Å². The Balaban J connectivity index is 1.99. The predicted octanol–water partition coefficient (Wildman–Crippen LogP) is 1.65. The molecule has 0 N–H and O–H groups in total. The average molecular weight is 324 g/mol. The maximum Gasteiger partial charge on any atom is 0.253 e. The van der Waals surface area contributed by atoms with Crippen LogP contribution >= 0.6 is 0 Å². The Labute approximate surface area is 132 Å². The standard InChI is InChI=1S/C16H24N2O3S/c1-17(2)15-6-4-5-14(11-15)16(19)18-9-7-13(8-10-18)12-22(3,20)21/h4-6,11,13H,7-10,12H2,1-3H3. The van der Waals surface area contributed by atoms with Gasteiger partial charge in [0.2, 0.25) is 0 Å². The fraction of sp³-hybridized carbons (Fsp3) is 0.562. The first-order valence-corrected chi connectivity index (χ1v) is 9.57. The summed E-state index contributed by atoms with van der Waals surface area (Å²) in [6, 6.07) is 7.58. The zero-order valence-electron chi connectivity index (χ0n) is 13.4. The highest BCUT2D eigenvalue weighted by atomic mass is 32.2. The highest BCUT2D eigenvalue weighted by Crippen LogP contribution is 2.21. The summed E-state index contributed by atoms with van der Waals surface area (Å²) in [4.78, 5) is 16.3. The molecule has 1 aliphatic rings. The van der Waals surface area contributed by atoms with E-state index in [4.69, 9.17) is 0 Å². The van der Waals surface area contributed by atoms with Crippen molar-refractivity contribution >= 4 is 21.4 Å². The van der Waals surface area contributed by atoms with Crippen molar-refractivity contribution in [2.45, 2.75) is 12.8 Å². The highest BCUT2D eigenvalue weighted by Gasteiger charge is 2.25. The molecule has 0 aliphatic carbocycles. The minimum Gasteiger partial charge on any atom is -0.378 e. The van der Waals surface area contributed by atoms with E-state index in [0.29, 0.717) is 18.7 Å². The number of benzene rings is 1. The van der Waals surface area contributed by atoms with Crippen molar-refractivity contribution in [1.82, 2.24) is 4.90 Å². The third kappa shape index (κ3) is 4.47. The third-order valence-corrected chi connectivity index (χ3v) is 5.13. The van der Waals surface area contributed by atoms with E-state index in [2.05, 4.69) is 0 Å². The topological polar surface area (TPSA) is 57.7 Å². The van der Waals surface area contributed by atoms with E-state index >= 15 is 0 Å². The molecule has 2 rings (SSSR count). The molecule has 0 saturated carbocycles. The van der Waals surface area contributed by atoms with E-state index in [1.54, 1.807) is 0 Å². The zero-order valence-corrected chi connectivity index (χ0v) is 14.3. The Morgan fingerprint density at radius 2 is 1.91 bits per heavy atom. The van der Waals surface area contributed by atoms with Gasteiger partial charge in [-0.1, -0.05) is 6.07 Å². The van der Waals surface area contributed by atoms with Gasteiger partial charge in [-0.15, -0.1) is 0 Å². The molecule has 0 atom stereocenters. The van der Waals surface area contributed by atoms with Crippen molar-refractivity contribution in [2.75, 3.05) is 44.1 Å². The van der Waals surface area contributed by atoms with Gasteiger partial charge in [0.25, 0.3) is 5.91 Å². The van der Waals surface area contributed by atoms with Crippen LogP contribution in [0, 0.1) is 5.92 Å². The number of sulfone groups is 1.